The van der Waals surface area contributed by atoms with Crippen LogP contribution < -0.4 is 0 Å². The lowest BCUT2D eigenvalue weighted by Crippen LogP contribution is -2.50. The summed E-state index contributed by atoms with van der Waals surface area (Å²) in [6, 6.07) is 7.63. The van der Waals surface area contributed by atoms with Gasteiger partial charge in [-0.25, -0.2) is 13.1 Å². The number of hydrogen-bond acceptors (Lipinski definition) is 7. The zero-order valence-electron chi connectivity index (χ0n) is 17.1. The predicted molar refractivity (Wildman–Crippen MR) is 110 cm³/mol. The van der Waals surface area contributed by atoms with Crippen molar-refractivity contribution in [2.24, 2.45) is 0 Å². The number of aromatic nitrogens is 4. The number of hydrogen-bond donors (Lipinski definition) is 0. The van der Waals surface area contributed by atoms with Gasteiger partial charge in [0.2, 0.25) is 0 Å². The van der Waals surface area contributed by atoms with Gasteiger partial charge < -0.3 is 0 Å². The first-order chi connectivity index (χ1) is 14.0. The molecule has 0 bridgehead atoms. The van der Waals surface area contributed by atoms with Gasteiger partial charge in [0.15, 0.2) is 21.5 Å². The van der Waals surface area contributed by atoms with Crippen LogP contribution in [-0.4, -0.2) is 70.6 Å². The SMILES string of the molecule is Cc1ccc(S(=O)(=O)Cn2nnnc2CN2CCN(C3CCCCC3)CC2)cc1. The summed E-state index contributed by atoms with van der Waals surface area (Å²) in [4.78, 5) is 5.24. The highest BCUT2D eigenvalue weighted by Crippen LogP contribution is 2.23. The van der Waals surface area contributed by atoms with Gasteiger partial charge in [-0.3, -0.25) is 9.80 Å². The Bertz CT molecular complexity index is 897. The van der Waals surface area contributed by atoms with E-state index < -0.39 is 9.84 Å². The number of nitrogens with zero attached hydrogens (tertiary/aromatic N) is 6. The van der Waals surface area contributed by atoms with Gasteiger partial charge >= 0.3 is 0 Å². The summed E-state index contributed by atoms with van der Waals surface area (Å²) < 4.78 is 26.9. The average molecular weight is 419 g/mol. The van der Waals surface area contributed by atoms with Crippen LogP contribution in [0.2, 0.25) is 0 Å². The van der Waals surface area contributed by atoms with Crippen molar-refractivity contribution in [3.8, 4) is 0 Å². The first-order valence-corrected chi connectivity index (χ1v) is 12.2. The number of tetrazole rings is 1. The lowest BCUT2D eigenvalue weighted by molar-refractivity contribution is 0.0736. The Labute approximate surface area is 172 Å². The summed E-state index contributed by atoms with van der Waals surface area (Å²) in [6.45, 7) is 6.57. The molecular weight excluding hydrogens is 388 g/mol. The Balaban J connectivity index is 1.35. The third-order valence-electron chi connectivity index (χ3n) is 6.14. The molecule has 8 nitrogen and oxygen atoms in total. The fourth-order valence-corrected chi connectivity index (χ4v) is 5.57. The summed E-state index contributed by atoms with van der Waals surface area (Å²) in [7, 11) is -3.49. The standard InChI is InChI=1S/C20H30N6O2S/c1-17-7-9-19(10-8-17)29(27,28)16-26-20(21-22-23-26)15-24-11-13-25(14-12-24)18-5-3-2-4-6-18/h7-10,18H,2-6,11-16H2,1H3. The normalized spacial score (nSPS) is 20.2. The van der Waals surface area contributed by atoms with Crippen molar-refractivity contribution in [1.29, 1.82) is 0 Å². The minimum atomic E-state index is -3.49. The van der Waals surface area contributed by atoms with Gasteiger partial charge in [-0.1, -0.05) is 37.0 Å². The number of piperazine rings is 1. The molecule has 2 aliphatic rings. The van der Waals surface area contributed by atoms with Crippen molar-refractivity contribution in [2.75, 3.05) is 26.2 Å². The van der Waals surface area contributed by atoms with E-state index in [4.69, 9.17) is 0 Å². The van der Waals surface area contributed by atoms with Gasteiger partial charge in [0.05, 0.1) is 11.4 Å². The van der Waals surface area contributed by atoms with Gasteiger partial charge in [0.1, 0.15) is 0 Å². The first kappa shape index (κ1) is 20.4. The summed E-state index contributed by atoms with van der Waals surface area (Å²) in [5.74, 6) is 0.368. The maximum absolute atomic E-state index is 12.7. The highest BCUT2D eigenvalue weighted by molar-refractivity contribution is 7.90. The topological polar surface area (TPSA) is 84.2 Å². The third-order valence-corrected chi connectivity index (χ3v) is 7.72. The number of benzene rings is 1. The van der Waals surface area contributed by atoms with Gasteiger partial charge in [-0.15, -0.1) is 5.10 Å². The molecule has 29 heavy (non-hydrogen) atoms. The lowest BCUT2D eigenvalue weighted by atomic mass is 9.94. The van der Waals surface area contributed by atoms with E-state index in [0.29, 0.717) is 17.3 Å². The Morgan fingerprint density at radius 1 is 1.00 bits per heavy atom. The molecule has 1 aliphatic heterocycles. The van der Waals surface area contributed by atoms with Crippen molar-refractivity contribution in [2.45, 2.75) is 62.4 Å². The summed E-state index contributed by atoms with van der Waals surface area (Å²) in [5.41, 5.74) is 1.03. The molecule has 2 aromatic rings. The molecule has 4 rings (SSSR count). The van der Waals surface area contributed by atoms with E-state index in [-0.39, 0.29) is 5.88 Å². The smallest absolute Gasteiger partial charge is 0.198 e. The van der Waals surface area contributed by atoms with Crippen LogP contribution in [0.5, 0.6) is 0 Å². The zero-order valence-corrected chi connectivity index (χ0v) is 17.9. The van der Waals surface area contributed by atoms with Gasteiger partial charge in [-0.2, -0.15) is 0 Å². The van der Waals surface area contributed by atoms with Crippen molar-refractivity contribution in [1.82, 2.24) is 30.0 Å². The van der Waals surface area contributed by atoms with Crippen LogP contribution in [0.3, 0.4) is 0 Å². The molecule has 158 valence electrons. The second-order valence-corrected chi connectivity index (χ2v) is 10.2. The van der Waals surface area contributed by atoms with Crippen LogP contribution in [0.4, 0.5) is 0 Å². The van der Waals surface area contributed by atoms with Crippen molar-refractivity contribution in [3.63, 3.8) is 0 Å². The van der Waals surface area contributed by atoms with Crippen LogP contribution in [0.1, 0.15) is 43.5 Å². The fraction of sp³-hybridized carbons (Fsp3) is 0.650. The lowest BCUT2D eigenvalue weighted by Gasteiger charge is -2.40. The molecule has 1 saturated carbocycles. The number of sulfone groups is 1. The minimum absolute atomic E-state index is 0.236. The van der Waals surface area contributed by atoms with Crippen LogP contribution >= 0.6 is 0 Å². The summed E-state index contributed by atoms with van der Waals surface area (Å²) >= 11 is 0. The summed E-state index contributed by atoms with van der Waals surface area (Å²) in [5, 5.41) is 11.8. The van der Waals surface area contributed by atoms with Crippen LogP contribution in [0.25, 0.3) is 0 Å². The average Bonchev–Trinajstić information content (AvgIpc) is 3.15. The molecule has 1 saturated heterocycles. The number of rotatable bonds is 6. The van der Waals surface area contributed by atoms with E-state index in [1.54, 1.807) is 24.3 Å². The van der Waals surface area contributed by atoms with E-state index in [2.05, 4.69) is 25.3 Å². The maximum atomic E-state index is 12.7. The van der Waals surface area contributed by atoms with E-state index in [1.807, 2.05) is 6.92 Å². The molecule has 1 aliphatic carbocycles. The second-order valence-electron chi connectivity index (χ2n) is 8.26. The van der Waals surface area contributed by atoms with Crippen LogP contribution in [0.15, 0.2) is 29.2 Å². The highest BCUT2D eigenvalue weighted by Gasteiger charge is 2.26. The van der Waals surface area contributed by atoms with Crippen molar-refractivity contribution < 1.29 is 8.42 Å². The third kappa shape index (κ3) is 5.02. The molecule has 1 aromatic carbocycles. The molecule has 0 amide bonds. The molecule has 1 aromatic heterocycles. The maximum Gasteiger partial charge on any atom is 0.198 e. The van der Waals surface area contributed by atoms with Crippen LogP contribution in [0, 0.1) is 6.92 Å². The Hall–Kier alpha value is -1.84. The van der Waals surface area contributed by atoms with E-state index in [0.717, 1.165) is 37.8 Å². The molecule has 0 N–H and O–H groups in total. The molecule has 0 spiro atoms. The van der Waals surface area contributed by atoms with Gasteiger partial charge in [0, 0.05) is 32.2 Å². The molecule has 2 heterocycles. The Morgan fingerprint density at radius 3 is 2.38 bits per heavy atom. The molecule has 0 radical (unpaired) electrons. The molecule has 0 atom stereocenters. The monoisotopic (exact) mass is 418 g/mol. The van der Waals surface area contributed by atoms with Gasteiger partial charge in [0.25, 0.3) is 0 Å². The zero-order chi connectivity index (χ0) is 20.3. The first-order valence-electron chi connectivity index (χ1n) is 10.5. The minimum Gasteiger partial charge on any atom is -0.298 e. The van der Waals surface area contributed by atoms with Crippen molar-refractivity contribution in [3.05, 3.63) is 35.7 Å². The van der Waals surface area contributed by atoms with E-state index >= 15 is 0 Å². The molecule has 9 heteroatoms. The Morgan fingerprint density at radius 2 is 1.69 bits per heavy atom. The van der Waals surface area contributed by atoms with Gasteiger partial charge in [-0.05, 0) is 42.3 Å². The van der Waals surface area contributed by atoms with E-state index in [1.165, 1.54) is 36.8 Å². The van der Waals surface area contributed by atoms with E-state index in [9.17, 15) is 8.42 Å². The quantitative estimate of drug-likeness (QED) is 0.708. The second kappa shape index (κ2) is 8.89. The van der Waals surface area contributed by atoms with Crippen molar-refractivity contribution >= 4 is 9.84 Å². The Kier molecular flexibility index (Phi) is 6.26. The fourth-order valence-electron chi connectivity index (χ4n) is 4.35. The molecule has 2 fully saturated rings. The van der Waals surface area contributed by atoms with Crippen LogP contribution in [-0.2, 0) is 22.3 Å². The highest BCUT2D eigenvalue weighted by atomic mass is 32.2. The predicted octanol–water partition coefficient (Wildman–Crippen LogP) is 1.86. The molecular formula is C20H30N6O2S. The molecule has 0 unspecified atom stereocenters. The largest absolute Gasteiger partial charge is 0.298 e. The number of aryl methyl sites for hydroxylation is 1. The summed E-state index contributed by atoms with van der Waals surface area (Å²) in [6.07, 6.45) is 6.75.